The van der Waals surface area contributed by atoms with Gasteiger partial charge in [-0.2, -0.15) is 0 Å². The van der Waals surface area contributed by atoms with Crippen molar-refractivity contribution in [2.24, 2.45) is 7.05 Å². The topological polar surface area (TPSA) is 64.2 Å². The number of aryl methyl sites for hydroxylation is 1. The van der Waals surface area contributed by atoms with Crippen LogP contribution in [0.4, 0.5) is 0 Å². The second-order valence-corrected chi connectivity index (χ2v) is 6.07. The molecule has 0 unspecified atom stereocenters. The van der Waals surface area contributed by atoms with E-state index in [4.69, 9.17) is 16.0 Å². The molecule has 124 valence electrons. The molecule has 6 heteroatoms. The minimum atomic E-state index is -0.408. The number of rotatable bonds is 5. The molecule has 0 saturated heterocycles. The number of hydrogen-bond acceptors (Lipinski definition) is 3. The Kier molecular flexibility index (Phi) is 4.71. The van der Waals surface area contributed by atoms with Crippen molar-refractivity contribution in [3.63, 3.8) is 0 Å². The van der Waals surface area contributed by atoms with Gasteiger partial charge in [0.05, 0.1) is 11.9 Å². The molecule has 0 spiro atoms. The highest BCUT2D eigenvalue weighted by Crippen LogP contribution is 2.14. The van der Waals surface area contributed by atoms with E-state index >= 15 is 0 Å². The summed E-state index contributed by atoms with van der Waals surface area (Å²) in [5.41, 5.74) is 3.17. The molecule has 0 bridgehead atoms. The van der Waals surface area contributed by atoms with Gasteiger partial charge in [0.1, 0.15) is 0 Å². The van der Waals surface area contributed by atoms with E-state index in [1.807, 2.05) is 24.3 Å². The normalized spacial score (nSPS) is 10.9. The van der Waals surface area contributed by atoms with Crippen LogP contribution in [0.3, 0.4) is 0 Å². The molecule has 0 fully saturated rings. The van der Waals surface area contributed by atoms with Gasteiger partial charge in [0.2, 0.25) is 5.91 Å². The zero-order chi connectivity index (χ0) is 17.1. The molecular formula is C18H17ClN2O3. The van der Waals surface area contributed by atoms with Crippen LogP contribution in [0.1, 0.15) is 11.1 Å². The molecule has 0 radical (unpaired) electrons. The molecule has 3 aromatic rings. The maximum absolute atomic E-state index is 12.1. The van der Waals surface area contributed by atoms with Gasteiger partial charge in [-0.15, -0.1) is 0 Å². The highest BCUT2D eigenvalue weighted by molar-refractivity contribution is 6.30. The Morgan fingerprint density at radius 2 is 1.88 bits per heavy atom. The highest BCUT2D eigenvalue weighted by Gasteiger charge is 2.09. The fourth-order valence-electron chi connectivity index (χ4n) is 2.53. The second-order valence-electron chi connectivity index (χ2n) is 5.63. The number of carbonyl (C=O) groups excluding carboxylic acids is 1. The number of aromatic nitrogens is 1. The van der Waals surface area contributed by atoms with Crippen molar-refractivity contribution in [3.8, 4) is 0 Å². The molecular weight excluding hydrogens is 328 g/mol. The van der Waals surface area contributed by atoms with E-state index in [2.05, 4.69) is 5.32 Å². The summed E-state index contributed by atoms with van der Waals surface area (Å²) < 4.78 is 6.51. The van der Waals surface area contributed by atoms with Gasteiger partial charge in [-0.3, -0.25) is 9.36 Å². The fraction of sp³-hybridized carbons (Fsp3) is 0.222. The fourth-order valence-corrected chi connectivity index (χ4v) is 2.65. The first kappa shape index (κ1) is 16.3. The predicted octanol–water partition coefficient (Wildman–Crippen LogP) is 2.69. The molecule has 1 amide bonds. The lowest BCUT2D eigenvalue weighted by atomic mass is 10.1. The third-order valence-corrected chi connectivity index (χ3v) is 4.12. The van der Waals surface area contributed by atoms with Crippen LogP contribution in [0.2, 0.25) is 5.02 Å². The SMILES string of the molecule is Cn1c(=O)oc2ccc(CC(=O)NCCc3ccc(Cl)cc3)cc21. The number of oxazole rings is 1. The van der Waals surface area contributed by atoms with Crippen molar-refractivity contribution < 1.29 is 9.21 Å². The third kappa shape index (κ3) is 3.68. The Bertz CT molecular complexity index is 926. The number of nitrogens with zero attached hydrogens (tertiary/aromatic N) is 1. The van der Waals surface area contributed by atoms with Gasteiger partial charge in [0.15, 0.2) is 5.58 Å². The van der Waals surface area contributed by atoms with Gasteiger partial charge in [-0.25, -0.2) is 4.79 Å². The zero-order valence-electron chi connectivity index (χ0n) is 13.2. The minimum Gasteiger partial charge on any atom is -0.408 e. The van der Waals surface area contributed by atoms with Crippen LogP contribution in [0.25, 0.3) is 11.1 Å². The number of halogens is 1. The summed E-state index contributed by atoms with van der Waals surface area (Å²) >= 11 is 5.84. The van der Waals surface area contributed by atoms with Gasteiger partial charge in [-0.05, 0) is 41.8 Å². The third-order valence-electron chi connectivity index (χ3n) is 3.87. The van der Waals surface area contributed by atoms with Gasteiger partial charge < -0.3 is 9.73 Å². The Labute approximate surface area is 143 Å². The molecule has 5 nitrogen and oxygen atoms in total. The number of benzene rings is 2. The molecule has 0 atom stereocenters. The molecule has 3 rings (SSSR count). The van der Waals surface area contributed by atoms with Crippen LogP contribution in [-0.2, 0) is 24.7 Å². The number of nitrogens with one attached hydrogen (secondary N) is 1. The Hall–Kier alpha value is -2.53. The first-order valence-electron chi connectivity index (χ1n) is 7.62. The largest absolute Gasteiger partial charge is 0.419 e. The standard InChI is InChI=1S/C18H17ClN2O3/c1-21-15-10-13(4-7-16(15)24-18(21)23)11-17(22)20-9-8-12-2-5-14(19)6-3-12/h2-7,10H,8-9,11H2,1H3,(H,20,22). The minimum absolute atomic E-state index is 0.0585. The second kappa shape index (κ2) is 6.93. The molecule has 1 heterocycles. The summed E-state index contributed by atoms with van der Waals surface area (Å²) in [7, 11) is 1.64. The van der Waals surface area contributed by atoms with Crippen molar-refractivity contribution in [1.29, 1.82) is 0 Å². The number of fused-ring (bicyclic) bond motifs is 1. The Morgan fingerprint density at radius 1 is 1.17 bits per heavy atom. The monoisotopic (exact) mass is 344 g/mol. The molecule has 0 aliphatic rings. The van der Waals surface area contributed by atoms with Crippen LogP contribution < -0.4 is 11.1 Å². The molecule has 2 aromatic carbocycles. The summed E-state index contributed by atoms with van der Waals surface area (Å²) in [6.45, 7) is 0.562. The van der Waals surface area contributed by atoms with E-state index in [-0.39, 0.29) is 12.3 Å². The van der Waals surface area contributed by atoms with Gasteiger partial charge in [0.25, 0.3) is 0 Å². The highest BCUT2D eigenvalue weighted by atomic mass is 35.5. The number of carbonyl (C=O) groups is 1. The lowest BCUT2D eigenvalue weighted by Crippen LogP contribution is -2.27. The lowest BCUT2D eigenvalue weighted by Gasteiger charge is -2.06. The summed E-state index contributed by atoms with van der Waals surface area (Å²) in [5.74, 6) is -0.466. The summed E-state index contributed by atoms with van der Waals surface area (Å²) in [4.78, 5) is 23.5. The molecule has 0 saturated carbocycles. The lowest BCUT2D eigenvalue weighted by molar-refractivity contribution is -0.120. The average Bonchev–Trinajstić information content (AvgIpc) is 2.84. The van der Waals surface area contributed by atoms with Crippen LogP contribution >= 0.6 is 11.6 Å². The smallest absolute Gasteiger partial charge is 0.408 e. The van der Waals surface area contributed by atoms with Crippen molar-refractivity contribution in [2.75, 3.05) is 6.54 Å². The van der Waals surface area contributed by atoms with E-state index in [0.29, 0.717) is 22.7 Å². The maximum atomic E-state index is 12.1. The van der Waals surface area contributed by atoms with Crippen molar-refractivity contribution >= 4 is 28.6 Å². The predicted molar refractivity (Wildman–Crippen MR) is 93.3 cm³/mol. The van der Waals surface area contributed by atoms with E-state index in [1.54, 1.807) is 25.2 Å². The average molecular weight is 345 g/mol. The van der Waals surface area contributed by atoms with Crippen molar-refractivity contribution in [1.82, 2.24) is 9.88 Å². The van der Waals surface area contributed by atoms with Crippen LogP contribution in [0.15, 0.2) is 51.7 Å². The zero-order valence-corrected chi connectivity index (χ0v) is 14.0. The summed E-state index contributed by atoms with van der Waals surface area (Å²) in [6, 6.07) is 12.9. The molecule has 1 N–H and O–H groups in total. The molecule has 24 heavy (non-hydrogen) atoms. The Morgan fingerprint density at radius 3 is 2.62 bits per heavy atom. The van der Waals surface area contributed by atoms with Gasteiger partial charge >= 0.3 is 5.76 Å². The van der Waals surface area contributed by atoms with E-state index in [1.165, 1.54) is 4.57 Å². The molecule has 0 aliphatic heterocycles. The first-order valence-corrected chi connectivity index (χ1v) is 8.00. The molecule has 0 aliphatic carbocycles. The number of amides is 1. The Balaban J connectivity index is 1.57. The van der Waals surface area contributed by atoms with Crippen molar-refractivity contribution in [3.05, 3.63) is 69.2 Å². The van der Waals surface area contributed by atoms with E-state index in [9.17, 15) is 9.59 Å². The number of hydrogen-bond donors (Lipinski definition) is 1. The quantitative estimate of drug-likeness (QED) is 0.774. The van der Waals surface area contributed by atoms with E-state index < -0.39 is 5.76 Å². The van der Waals surface area contributed by atoms with E-state index in [0.717, 1.165) is 17.5 Å². The van der Waals surface area contributed by atoms with Gasteiger partial charge in [-0.1, -0.05) is 29.8 Å². The van der Waals surface area contributed by atoms with Gasteiger partial charge in [0, 0.05) is 18.6 Å². The maximum Gasteiger partial charge on any atom is 0.419 e. The molecule has 1 aromatic heterocycles. The summed E-state index contributed by atoms with van der Waals surface area (Å²) in [5, 5.41) is 3.60. The first-order chi connectivity index (χ1) is 11.5. The summed E-state index contributed by atoms with van der Waals surface area (Å²) in [6.07, 6.45) is 1.01. The van der Waals surface area contributed by atoms with Crippen LogP contribution in [-0.4, -0.2) is 17.0 Å². The van der Waals surface area contributed by atoms with Crippen molar-refractivity contribution in [2.45, 2.75) is 12.8 Å². The van der Waals surface area contributed by atoms with Crippen LogP contribution in [0, 0.1) is 0 Å². The van der Waals surface area contributed by atoms with Crippen LogP contribution in [0.5, 0.6) is 0 Å².